The average Bonchev–Trinajstić information content (AvgIpc) is 3.24. The SMILES string of the molecule is COC(=O)c1ncc(CC(=N)[C@@H]2CCCC[C@@H]2NC(=O)OC(C)(C)C)nc1Nc1cccc2c1ccn2C. The molecule has 3 aromatic rings. The van der Waals surface area contributed by atoms with E-state index in [4.69, 9.17) is 14.9 Å². The number of rotatable bonds is 7. The zero-order valence-corrected chi connectivity index (χ0v) is 22.6. The highest BCUT2D eigenvalue weighted by molar-refractivity contribution is 5.98. The van der Waals surface area contributed by atoms with Gasteiger partial charge in [-0.25, -0.2) is 19.6 Å². The first-order valence-corrected chi connectivity index (χ1v) is 12.9. The third kappa shape index (κ3) is 6.30. The summed E-state index contributed by atoms with van der Waals surface area (Å²) < 4.78 is 12.4. The first kappa shape index (κ1) is 27.1. The van der Waals surface area contributed by atoms with E-state index in [1.54, 1.807) is 0 Å². The molecule has 0 saturated heterocycles. The second kappa shape index (κ2) is 11.2. The minimum absolute atomic E-state index is 0.0675. The molecule has 0 bridgehead atoms. The molecule has 0 spiro atoms. The monoisotopic (exact) mass is 520 g/mol. The van der Waals surface area contributed by atoms with Crippen molar-refractivity contribution in [1.82, 2.24) is 19.9 Å². The summed E-state index contributed by atoms with van der Waals surface area (Å²) in [6.45, 7) is 5.48. The molecule has 3 N–H and O–H groups in total. The zero-order valence-electron chi connectivity index (χ0n) is 22.6. The van der Waals surface area contributed by atoms with Gasteiger partial charge in [0, 0.05) is 60.1 Å². The molecule has 202 valence electrons. The quantitative estimate of drug-likeness (QED) is 0.290. The predicted octanol–water partition coefficient (Wildman–Crippen LogP) is 5.14. The molecular formula is C28H36N6O4. The number of fused-ring (bicyclic) bond motifs is 1. The van der Waals surface area contributed by atoms with Crippen molar-refractivity contribution in [1.29, 1.82) is 5.41 Å². The fourth-order valence-electron chi connectivity index (χ4n) is 4.89. The van der Waals surface area contributed by atoms with E-state index in [0.29, 0.717) is 11.4 Å². The maximum atomic E-state index is 12.5. The van der Waals surface area contributed by atoms with Gasteiger partial charge in [0.2, 0.25) is 0 Å². The summed E-state index contributed by atoms with van der Waals surface area (Å²) >= 11 is 0. The van der Waals surface area contributed by atoms with Gasteiger partial charge < -0.3 is 30.1 Å². The number of aryl methyl sites for hydroxylation is 1. The standard InChI is InChI=1S/C28H36N6O4/c1-28(2,3)38-27(36)33-21-10-7-6-9-18(21)20(29)15-17-16-30-24(26(35)37-5)25(31-17)32-22-11-8-12-23-19(22)13-14-34(23)4/h8,11-14,16,18,21,29H,6-7,9-10,15H2,1-5H3,(H,31,32)(H,33,36)/t18-,21-/m0/s1. The lowest BCUT2D eigenvalue weighted by Crippen LogP contribution is -2.47. The Balaban J connectivity index is 1.56. The number of hydrogen-bond donors (Lipinski definition) is 3. The van der Waals surface area contributed by atoms with Gasteiger partial charge in [-0.15, -0.1) is 0 Å². The summed E-state index contributed by atoms with van der Waals surface area (Å²) in [5.74, 6) is -0.464. The van der Waals surface area contributed by atoms with Gasteiger partial charge in [0.25, 0.3) is 0 Å². The van der Waals surface area contributed by atoms with Gasteiger partial charge in [-0.2, -0.15) is 0 Å². The molecule has 10 heteroatoms. The van der Waals surface area contributed by atoms with E-state index < -0.39 is 17.7 Å². The van der Waals surface area contributed by atoms with Gasteiger partial charge in [0.15, 0.2) is 11.5 Å². The van der Waals surface area contributed by atoms with E-state index in [9.17, 15) is 9.59 Å². The third-order valence-corrected chi connectivity index (χ3v) is 6.67. The average molecular weight is 521 g/mol. The number of methoxy groups -OCH3 is 1. The number of aromatic nitrogens is 3. The van der Waals surface area contributed by atoms with Crippen LogP contribution in [-0.4, -0.2) is 51.1 Å². The van der Waals surface area contributed by atoms with Crippen molar-refractivity contribution in [3.05, 3.63) is 48.0 Å². The molecule has 4 rings (SSSR count). The van der Waals surface area contributed by atoms with E-state index in [1.165, 1.54) is 13.3 Å². The number of anilines is 2. The normalized spacial score (nSPS) is 17.6. The van der Waals surface area contributed by atoms with Crippen LogP contribution in [0.15, 0.2) is 36.7 Å². The minimum Gasteiger partial charge on any atom is -0.464 e. The Morgan fingerprint density at radius 1 is 1.18 bits per heavy atom. The zero-order chi connectivity index (χ0) is 27.4. The second-order valence-corrected chi connectivity index (χ2v) is 10.7. The Kier molecular flexibility index (Phi) is 7.99. The van der Waals surface area contributed by atoms with Gasteiger partial charge >= 0.3 is 12.1 Å². The number of nitrogens with zero attached hydrogens (tertiary/aromatic N) is 3. The van der Waals surface area contributed by atoms with Crippen LogP contribution in [0.1, 0.15) is 62.6 Å². The van der Waals surface area contributed by atoms with E-state index in [-0.39, 0.29) is 29.9 Å². The van der Waals surface area contributed by atoms with Crippen LogP contribution in [-0.2, 0) is 22.9 Å². The molecule has 2 heterocycles. The summed E-state index contributed by atoms with van der Waals surface area (Å²) in [4.78, 5) is 33.9. The Hall–Kier alpha value is -3.95. The van der Waals surface area contributed by atoms with Gasteiger partial charge in [0.05, 0.1) is 12.8 Å². The lowest BCUT2D eigenvalue weighted by Gasteiger charge is -2.33. The fourth-order valence-corrected chi connectivity index (χ4v) is 4.89. The van der Waals surface area contributed by atoms with Crippen LogP contribution in [0.25, 0.3) is 10.9 Å². The van der Waals surface area contributed by atoms with Crippen molar-refractivity contribution in [3.63, 3.8) is 0 Å². The van der Waals surface area contributed by atoms with Crippen molar-refractivity contribution in [3.8, 4) is 0 Å². The summed E-state index contributed by atoms with van der Waals surface area (Å²) in [7, 11) is 3.27. The lowest BCUT2D eigenvalue weighted by atomic mass is 9.80. The Morgan fingerprint density at radius 3 is 2.68 bits per heavy atom. The van der Waals surface area contributed by atoms with Gasteiger partial charge in [-0.1, -0.05) is 18.9 Å². The number of amides is 1. The second-order valence-electron chi connectivity index (χ2n) is 10.7. The fraction of sp³-hybridized carbons (Fsp3) is 0.464. The van der Waals surface area contributed by atoms with Crippen LogP contribution < -0.4 is 10.6 Å². The molecule has 10 nitrogen and oxygen atoms in total. The molecule has 0 radical (unpaired) electrons. The number of benzene rings is 1. The van der Waals surface area contributed by atoms with Gasteiger partial charge in [0.1, 0.15) is 5.60 Å². The Labute approximate surface area is 222 Å². The number of ether oxygens (including phenoxy) is 2. The minimum atomic E-state index is -0.601. The Bertz CT molecular complexity index is 1340. The highest BCUT2D eigenvalue weighted by Crippen LogP contribution is 2.29. The number of alkyl carbamates (subject to hydrolysis) is 1. The van der Waals surface area contributed by atoms with Crippen molar-refractivity contribution in [2.45, 2.75) is 64.5 Å². The molecule has 1 amide bonds. The number of carbonyl (C=O) groups excluding carboxylic acids is 2. The van der Waals surface area contributed by atoms with Gasteiger partial charge in [-0.05, 0) is 51.8 Å². The summed E-state index contributed by atoms with van der Waals surface area (Å²) in [5.41, 5.74) is 2.29. The van der Waals surface area contributed by atoms with Crippen molar-refractivity contribution in [2.75, 3.05) is 12.4 Å². The molecule has 1 fully saturated rings. The molecule has 1 aliphatic rings. The molecule has 0 aliphatic heterocycles. The summed E-state index contributed by atoms with van der Waals surface area (Å²) in [6, 6.07) is 7.66. The largest absolute Gasteiger partial charge is 0.464 e. The van der Waals surface area contributed by atoms with Crippen LogP contribution in [0.4, 0.5) is 16.3 Å². The summed E-state index contributed by atoms with van der Waals surface area (Å²) in [5, 5.41) is 16.1. The maximum absolute atomic E-state index is 12.5. The lowest BCUT2D eigenvalue weighted by molar-refractivity contribution is 0.0482. The highest BCUT2D eigenvalue weighted by atomic mass is 16.6. The smallest absolute Gasteiger partial charge is 0.407 e. The topological polar surface area (TPSA) is 131 Å². The van der Waals surface area contributed by atoms with Crippen LogP contribution in [0.2, 0.25) is 0 Å². The van der Waals surface area contributed by atoms with E-state index >= 15 is 0 Å². The molecule has 2 aromatic heterocycles. The predicted molar refractivity (Wildman–Crippen MR) is 146 cm³/mol. The number of esters is 1. The number of carbonyl (C=O) groups is 2. The summed E-state index contributed by atoms with van der Waals surface area (Å²) in [6.07, 6.45) is 6.81. The molecular weight excluding hydrogens is 484 g/mol. The Morgan fingerprint density at radius 2 is 1.95 bits per heavy atom. The number of nitrogens with one attached hydrogen (secondary N) is 3. The maximum Gasteiger partial charge on any atom is 0.407 e. The van der Waals surface area contributed by atoms with Crippen molar-refractivity contribution < 1.29 is 19.1 Å². The highest BCUT2D eigenvalue weighted by Gasteiger charge is 2.31. The van der Waals surface area contributed by atoms with Crippen molar-refractivity contribution >= 4 is 40.2 Å². The molecule has 0 unspecified atom stereocenters. The molecule has 38 heavy (non-hydrogen) atoms. The van der Waals surface area contributed by atoms with Crippen LogP contribution in [0, 0.1) is 11.3 Å². The van der Waals surface area contributed by atoms with Crippen LogP contribution >= 0.6 is 0 Å². The van der Waals surface area contributed by atoms with Crippen molar-refractivity contribution in [2.24, 2.45) is 13.0 Å². The molecule has 1 saturated carbocycles. The first-order chi connectivity index (χ1) is 18.1. The van der Waals surface area contributed by atoms with E-state index in [0.717, 1.165) is 42.3 Å². The number of hydrogen-bond acceptors (Lipinski definition) is 8. The van der Waals surface area contributed by atoms with E-state index in [1.807, 2.05) is 62.8 Å². The molecule has 1 aromatic carbocycles. The van der Waals surface area contributed by atoms with Gasteiger partial charge in [-0.3, -0.25) is 0 Å². The van der Waals surface area contributed by atoms with Crippen LogP contribution in [0.5, 0.6) is 0 Å². The third-order valence-electron chi connectivity index (χ3n) is 6.67. The molecule has 1 aliphatic carbocycles. The molecule has 2 atom stereocenters. The first-order valence-electron chi connectivity index (χ1n) is 12.9. The van der Waals surface area contributed by atoms with E-state index in [2.05, 4.69) is 20.6 Å². The van der Waals surface area contributed by atoms with Crippen LogP contribution in [0.3, 0.4) is 0 Å².